The second-order valence-corrected chi connectivity index (χ2v) is 8.76. The van der Waals surface area contributed by atoms with E-state index in [1.54, 1.807) is 0 Å². The van der Waals surface area contributed by atoms with Crippen molar-refractivity contribution >= 4 is 23.2 Å². The molecule has 6 heteroatoms. The highest BCUT2D eigenvalue weighted by Gasteiger charge is 2.30. The minimum absolute atomic E-state index is 0.0236. The molecule has 2 amide bonds. The SMILES string of the molecule is CC1CCCCC1NC(=O)C(C)N1CCC(NC(=O)c2cccs2)CC1. The summed E-state index contributed by atoms with van der Waals surface area (Å²) < 4.78 is 0. The Morgan fingerprint density at radius 1 is 1.15 bits per heavy atom. The fourth-order valence-corrected chi connectivity index (χ4v) is 4.72. The third-order valence-corrected chi connectivity index (χ3v) is 6.84. The van der Waals surface area contributed by atoms with Gasteiger partial charge in [0, 0.05) is 25.2 Å². The van der Waals surface area contributed by atoms with Gasteiger partial charge in [-0.15, -0.1) is 11.3 Å². The zero-order valence-electron chi connectivity index (χ0n) is 15.9. The summed E-state index contributed by atoms with van der Waals surface area (Å²) in [5, 5.41) is 8.33. The Bertz CT molecular complexity index is 596. The van der Waals surface area contributed by atoms with E-state index in [-0.39, 0.29) is 23.9 Å². The van der Waals surface area contributed by atoms with Gasteiger partial charge >= 0.3 is 0 Å². The number of rotatable bonds is 5. The highest BCUT2D eigenvalue weighted by molar-refractivity contribution is 7.12. The molecule has 2 aliphatic rings. The Morgan fingerprint density at radius 3 is 2.54 bits per heavy atom. The first kappa shape index (κ1) is 19.4. The summed E-state index contributed by atoms with van der Waals surface area (Å²) >= 11 is 1.47. The first-order valence-corrected chi connectivity index (χ1v) is 10.8. The van der Waals surface area contributed by atoms with Crippen LogP contribution >= 0.6 is 11.3 Å². The summed E-state index contributed by atoms with van der Waals surface area (Å²) in [4.78, 5) is 27.8. The Morgan fingerprint density at radius 2 is 1.88 bits per heavy atom. The molecule has 0 spiro atoms. The van der Waals surface area contributed by atoms with Crippen LogP contribution in [0, 0.1) is 5.92 Å². The van der Waals surface area contributed by atoms with Crippen molar-refractivity contribution in [3.05, 3.63) is 22.4 Å². The van der Waals surface area contributed by atoms with Crippen molar-refractivity contribution in [2.45, 2.75) is 70.5 Å². The van der Waals surface area contributed by atoms with Gasteiger partial charge in [-0.3, -0.25) is 14.5 Å². The molecule has 1 aliphatic carbocycles. The van der Waals surface area contributed by atoms with E-state index in [4.69, 9.17) is 0 Å². The largest absolute Gasteiger partial charge is 0.352 e. The van der Waals surface area contributed by atoms with Crippen LogP contribution in [0.3, 0.4) is 0 Å². The van der Waals surface area contributed by atoms with E-state index >= 15 is 0 Å². The van der Waals surface area contributed by atoms with Crippen molar-refractivity contribution in [3.63, 3.8) is 0 Å². The van der Waals surface area contributed by atoms with Crippen molar-refractivity contribution in [1.29, 1.82) is 0 Å². The number of likely N-dealkylation sites (tertiary alicyclic amines) is 1. The van der Waals surface area contributed by atoms with E-state index in [1.165, 1.54) is 30.6 Å². The monoisotopic (exact) mass is 377 g/mol. The molecule has 2 heterocycles. The minimum Gasteiger partial charge on any atom is -0.352 e. The Labute approximate surface area is 160 Å². The fraction of sp³-hybridized carbons (Fsp3) is 0.700. The number of amides is 2. The Hall–Kier alpha value is -1.40. The number of thiophene rings is 1. The second-order valence-electron chi connectivity index (χ2n) is 7.81. The summed E-state index contributed by atoms with van der Waals surface area (Å²) in [6.45, 7) is 5.96. The molecular weight excluding hydrogens is 346 g/mol. The number of carbonyl (C=O) groups is 2. The average Bonchev–Trinajstić information content (AvgIpc) is 3.18. The molecule has 2 N–H and O–H groups in total. The topological polar surface area (TPSA) is 61.4 Å². The molecule has 1 aliphatic heterocycles. The van der Waals surface area contributed by atoms with Crippen molar-refractivity contribution in [1.82, 2.24) is 15.5 Å². The molecular formula is C20H31N3O2S. The summed E-state index contributed by atoms with van der Waals surface area (Å²) in [5.41, 5.74) is 0. The molecule has 5 nitrogen and oxygen atoms in total. The summed E-state index contributed by atoms with van der Waals surface area (Å²) in [7, 11) is 0. The molecule has 1 aromatic rings. The van der Waals surface area contributed by atoms with Gasteiger partial charge in [0.25, 0.3) is 5.91 Å². The molecule has 3 rings (SSSR count). The molecule has 1 aromatic heterocycles. The summed E-state index contributed by atoms with van der Waals surface area (Å²) in [6.07, 6.45) is 6.63. The van der Waals surface area contributed by atoms with E-state index in [0.717, 1.165) is 37.2 Å². The third kappa shape index (κ3) is 4.86. The maximum Gasteiger partial charge on any atom is 0.261 e. The van der Waals surface area contributed by atoms with Crippen LogP contribution in [0.15, 0.2) is 17.5 Å². The van der Waals surface area contributed by atoms with Crippen LogP contribution in [0.1, 0.15) is 62.0 Å². The highest BCUT2D eigenvalue weighted by atomic mass is 32.1. The molecule has 0 aromatic carbocycles. The molecule has 3 atom stereocenters. The van der Waals surface area contributed by atoms with Gasteiger partial charge in [-0.25, -0.2) is 0 Å². The van der Waals surface area contributed by atoms with Crippen LogP contribution in [0.5, 0.6) is 0 Å². The zero-order valence-corrected chi connectivity index (χ0v) is 16.7. The first-order valence-electron chi connectivity index (χ1n) is 9.93. The standard InChI is InChI=1S/C20H31N3O2S/c1-14-6-3-4-7-17(14)22-19(24)15(2)23-11-9-16(10-12-23)21-20(25)18-8-5-13-26-18/h5,8,13-17H,3-4,6-7,9-12H2,1-2H3,(H,21,25)(H,22,24). The lowest BCUT2D eigenvalue weighted by molar-refractivity contribution is -0.127. The normalized spacial score (nSPS) is 26.2. The number of hydrogen-bond donors (Lipinski definition) is 2. The second kappa shape index (κ2) is 9.00. The van der Waals surface area contributed by atoms with Gasteiger partial charge in [-0.2, -0.15) is 0 Å². The van der Waals surface area contributed by atoms with Crippen molar-refractivity contribution < 1.29 is 9.59 Å². The van der Waals surface area contributed by atoms with Gasteiger partial charge in [-0.1, -0.05) is 25.8 Å². The van der Waals surface area contributed by atoms with Crippen molar-refractivity contribution in [3.8, 4) is 0 Å². The average molecular weight is 378 g/mol. The van der Waals surface area contributed by atoms with Gasteiger partial charge in [-0.05, 0) is 50.0 Å². The van der Waals surface area contributed by atoms with Crippen LogP contribution < -0.4 is 10.6 Å². The summed E-state index contributed by atoms with van der Waals surface area (Å²) in [6, 6.07) is 4.19. The van der Waals surface area contributed by atoms with Crippen LogP contribution in [0.4, 0.5) is 0 Å². The predicted octanol–water partition coefficient (Wildman–Crippen LogP) is 3.03. The predicted molar refractivity (Wildman–Crippen MR) is 105 cm³/mol. The lowest BCUT2D eigenvalue weighted by Crippen LogP contribution is -2.54. The molecule has 1 saturated heterocycles. The van der Waals surface area contributed by atoms with Crippen LogP contribution in [0.2, 0.25) is 0 Å². The number of piperidine rings is 1. The first-order chi connectivity index (χ1) is 12.5. The number of carbonyl (C=O) groups excluding carboxylic acids is 2. The van der Waals surface area contributed by atoms with E-state index in [1.807, 2.05) is 24.4 Å². The van der Waals surface area contributed by atoms with Crippen LogP contribution in [0.25, 0.3) is 0 Å². The number of hydrogen-bond acceptors (Lipinski definition) is 4. The maximum absolute atomic E-state index is 12.6. The van der Waals surface area contributed by atoms with Gasteiger partial charge in [0.15, 0.2) is 0 Å². The molecule has 0 radical (unpaired) electrons. The van der Waals surface area contributed by atoms with E-state index in [9.17, 15) is 9.59 Å². The highest BCUT2D eigenvalue weighted by Crippen LogP contribution is 2.24. The summed E-state index contributed by atoms with van der Waals surface area (Å²) in [5.74, 6) is 0.762. The molecule has 3 unspecified atom stereocenters. The lowest BCUT2D eigenvalue weighted by Gasteiger charge is -2.37. The molecule has 1 saturated carbocycles. The van der Waals surface area contributed by atoms with Gasteiger partial charge in [0.05, 0.1) is 10.9 Å². The Kier molecular flexibility index (Phi) is 6.70. The molecule has 0 bridgehead atoms. The van der Waals surface area contributed by atoms with Gasteiger partial charge in [0.1, 0.15) is 0 Å². The van der Waals surface area contributed by atoms with Crippen LogP contribution in [-0.2, 0) is 4.79 Å². The molecule has 2 fully saturated rings. The fourth-order valence-electron chi connectivity index (χ4n) is 4.10. The van der Waals surface area contributed by atoms with Crippen molar-refractivity contribution in [2.24, 2.45) is 5.92 Å². The van der Waals surface area contributed by atoms with Gasteiger partial charge in [0.2, 0.25) is 5.91 Å². The molecule has 26 heavy (non-hydrogen) atoms. The van der Waals surface area contributed by atoms with E-state index < -0.39 is 0 Å². The van der Waals surface area contributed by atoms with E-state index in [2.05, 4.69) is 22.5 Å². The third-order valence-electron chi connectivity index (χ3n) is 5.98. The van der Waals surface area contributed by atoms with Gasteiger partial charge < -0.3 is 10.6 Å². The minimum atomic E-state index is -0.0990. The number of nitrogens with one attached hydrogen (secondary N) is 2. The van der Waals surface area contributed by atoms with Crippen molar-refractivity contribution in [2.75, 3.05) is 13.1 Å². The van der Waals surface area contributed by atoms with E-state index in [0.29, 0.717) is 12.0 Å². The lowest BCUT2D eigenvalue weighted by atomic mass is 9.86. The maximum atomic E-state index is 12.6. The number of nitrogens with zero attached hydrogens (tertiary/aromatic N) is 1. The zero-order chi connectivity index (χ0) is 18.5. The smallest absolute Gasteiger partial charge is 0.261 e. The molecule has 144 valence electrons. The quantitative estimate of drug-likeness (QED) is 0.829. The Balaban J connectivity index is 1.43. The van der Waals surface area contributed by atoms with Crippen LogP contribution in [-0.4, -0.2) is 47.9 Å².